The van der Waals surface area contributed by atoms with Crippen LogP contribution in [0.3, 0.4) is 0 Å². The Labute approximate surface area is 148 Å². The van der Waals surface area contributed by atoms with E-state index >= 15 is 0 Å². The predicted octanol–water partition coefficient (Wildman–Crippen LogP) is 1.07. The van der Waals surface area contributed by atoms with E-state index in [9.17, 15) is 9.59 Å². The molecule has 1 aromatic rings. The zero-order valence-corrected chi connectivity index (χ0v) is 14.8. The second kappa shape index (κ2) is 9.97. The number of rotatable bonds is 7. The Bertz CT molecular complexity index is 558. The molecule has 8 nitrogen and oxygen atoms in total. The Morgan fingerprint density at radius 1 is 1.16 bits per heavy atom. The number of carbonyl (C=O) groups excluding carboxylic acids is 2. The molecule has 2 rings (SSSR count). The maximum Gasteiger partial charge on any atom is 0.321 e. The molecular weight excluding hydrogens is 324 g/mol. The van der Waals surface area contributed by atoms with E-state index in [0.29, 0.717) is 17.9 Å². The normalized spacial score (nSPS) is 14.8. The highest BCUT2D eigenvalue weighted by molar-refractivity contribution is 5.93. The van der Waals surface area contributed by atoms with Gasteiger partial charge in [0.2, 0.25) is 5.91 Å². The van der Waals surface area contributed by atoms with Gasteiger partial charge in [-0.1, -0.05) is 0 Å². The zero-order valence-electron chi connectivity index (χ0n) is 14.8. The Morgan fingerprint density at radius 3 is 2.36 bits per heavy atom. The van der Waals surface area contributed by atoms with Gasteiger partial charge in [0.05, 0.1) is 13.2 Å². The summed E-state index contributed by atoms with van der Waals surface area (Å²) >= 11 is 0. The van der Waals surface area contributed by atoms with Gasteiger partial charge in [0.15, 0.2) is 0 Å². The average Bonchev–Trinajstić information content (AvgIpc) is 2.62. The smallest absolute Gasteiger partial charge is 0.321 e. The fourth-order valence-electron chi connectivity index (χ4n) is 2.40. The van der Waals surface area contributed by atoms with Crippen LogP contribution < -0.4 is 10.6 Å². The maximum atomic E-state index is 12.2. The topological polar surface area (TPSA) is 83.1 Å². The van der Waals surface area contributed by atoms with Crippen LogP contribution in [-0.4, -0.2) is 81.9 Å². The molecule has 0 saturated carbocycles. The highest BCUT2D eigenvalue weighted by Crippen LogP contribution is 2.14. The van der Waals surface area contributed by atoms with Crippen molar-refractivity contribution in [2.45, 2.75) is 0 Å². The minimum absolute atomic E-state index is 0.00637. The molecule has 8 heteroatoms. The van der Waals surface area contributed by atoms with Crippen LogP contribution in [-0.2, 0) is 14.3 Å². The first-order valence-electron chi connectivity index (χ1n) is 8.29. The lowest BCUT2D eigenvalue weighted by atomic mass is 10.3. The van der Waals surface area contributed by atoms with E-state index in [1.165, 1.54) is 7.11 Å². The van der Waals surface area contributed by atoms with E-state index in [4.69, 9.17) is 9.47 Å². The molecule has 25 heavy (non-hydrogen) atoms. The fourth-order valence-corrected chi connectivity index (χ4v) is 2.40. The molecule has 0 aromatic heterocycles. The second-order valence-electron chi connectivity index (χ2n) is 5.86. The molecule has 0 bridgehead atoms. The van der Waals surface area contributed by atoms with Gasteiger partial charge in [0.1, 0.15) is 6.61 Å². The van der Waals surface area contributed by atoms with Gasteiger partial charge in [-0.3, -0.25) is 9.69 Å². The third-order valence-corrected chi connectivity index (χ3v) is 3.90. The van der Waals surface area contributed by atoms with Gasteiger partial charge in [-0.25, -0.2) is 4.79 Å². The number of carbonyl (C=O) groups is 2. The summed E-state index contributed by atoms with van der Waals surface area (Å²) in [6.45, 7) is 4.81. The molecule has 0 spiro atoms. The maximum absolute atomic E-state index is 12.2. The van der Waals surface area contributed by atoms with Gasteiger partial charge in [0.25, 0.3) is 0 Å². The summed E-state index contributed by atoms with van der Waals surface area (Å²) in [5.41, 5.74) is 1.33. The van der Waals surface area contributed by atoms with Crippen molar-refractivity contribution < 1.29 is 19.1 Å². The van der Waals surface area contributed by atoms with Crippen LogP contribution in [0.5, 0.6) is 0 Å². The van der Waals surface area contributed by atoms with E-state index in [-0.39, 0.29) is 18.5 Å². The first-order chi connectivity index (χ1) is 12.1. The number of urea groups is 1. The minimum atomic E-state index is -0.220. The highest BCUT2D eigenvalue weighted by atomic mass is 16.5. The van der Waals surface area contributed by atoms with E-state index < -0.39 is 0 Å². The summed E-state index contributed by atoms with van der Waals surface area (Å²) in [6, 6.07) is 6.80. The van der Waals surface area contributed by atoms with Crippen molar-refractivity contribution in [3.05, 3.63) is 24.3 Å². The van der Waals surface area contributed by atoms with Gasteiger partial charge >= 0.3 is 6.03 Å². The molecule has 1 aliphatic heterocycles. The molecule has 3 amide bonds. The summed E-state index contributed by atoms with van der Waals surface area (Å²) in [4.78, 5) is 27.6. The average molecular weight is 350 g/mol. The molecular formula is C17H26N4O4. The molecule has 0 aliphatic carbocycles. The zero-order chi connectivity index (χ0) is 18.1. The number of ether oxygens (including phenoxy) is 2. The number of morpholine rings is 1. The van der Waals surface area contributed by atoms with Crippen LogP contribution in [0.25, 0.3) is 0 Å². The van der Waals surface area contributed by atoms with Crippen molar-refractivity contribution in [3.63, 3.8) is 0 Å². The Hall–Kier alpha value is -2.16. The van der Waals surface area contributed by atoms with Gasteiger partial charge in [-0.2, -0.15) is 0 Å². The number of hydrogen-bond donors (Lipinski definition) is 2. The number of methoxy groups -OCH3 is 1. The Morgan fingerprint density at radius 2 is 1.76 bits per heavy atom. The molecule has 138 valence electrons. The molecule has 0 atom stereocenters. The number of nitrogens with zero attached hydrogens (tertiary/aromatic N) is 2. The van der Waals surface area contributed by atoms with Crippen LogP contribution >= 0.6 is 0 Å². The predicted molar refractivity (Wildman–Crippen MR) is 95.9 cm³/mol. The van der Waals surface area contributed by atoms with E-state index in [0.717, 1.165) is 32.8 Å². The summed E-state index contributed by atoms with van der Waals surface area (Å²) in [5.74, 6) is -0.220. The molecule has 1 aromatic carbocycles. The lowest BCUT2D eigenvalue weighted by Gasteiger charge is -2.28. The molecule has 1 aliphatic rings. The minimum Gasteiger partial charge on any atom is -0.379 e. The molecule has 1 fully saturated rings. The standard InChI is InChI=1S/C17H26N4O4/c1-20(7-8-21-9-11-25-12-10-21)17(23)19-15-5-3-14(4-6-15)18-16(22)13-24-2/h3-6H,7-13H2,1-2H3,(H,18,22)(H,19,23). The first-order valence-corrected chi connectivity index (χ1v) is 8.29. The quantitative estimate of drug-likeness (QED) is 0.769. The van der Waals surface area contributed by atoms with Crippen LogP contribution in [0, 0.1) is 0 Å². The summed E-state index contributed by atoms with van der Waals surface area (Å²) in [7, 11) is 3.24. The van der Waals surface area contributed by atoms with Crippen molar-refractivity contribution in [3.8, 4) is 0 Å². The van der Waals surface area contributed by atoms with Crippen molar-refractivity contribution in [2.24, 2.45) is 0 Å². The van der Waals surface area contributed by atoms with Crippen molar-refractivity contribution in [1.29, 1.82) is 0 Å². The van der Waals surface area contributed by atoms with E-state index in [2.05, 4.69) is 15.5 Å². The van der Waals surface area contributed by atoms with Crippen LogP contribution in [0.4, 0.5) is 16.2 Å². The molecule has 1 saturated heterocycles. The van der Waals surface area contributed by atoms with Crippen molar-refractivity contribution >= 4 is 23.3 Å². The lowest BCUT2D eigenvalue weighted by molar-refractivity contribution is -0.119. The molecule has 0 unspecified atom stereocenters. The van der Waals surface area contributed by atoms with Crippen molar-refractivity contribution in [1.82, 2.24) is 9.80 Å². The summed E-state index contributed by atoms with van der Waals surface area (Å²) in [6.07, 6.45) is 0. The number of benzene rings is 1. The second-order valence-corrected chi connectivity index (χ2v) is 5.86. The first kappa shape index (κ1) is 19.2. The number of hydrogen-bond acceptors (Lipinski definition) is 5. The van der Waals surface area contributed by atoms with Crippen LogP contribution in [0.2, 0.25) is 0 Å². The number of amides is 3. The Kier molecular flexibility index (Phi) is 7.65. The third-order valence-electron chi connectivity index (χ3n) is 3.90. The van der Waals surface area contributed by atoms with E-state index in [1.54, 1.807) is 36.2 Å². The van der Waals surface area contributed by atoms with Gasteiger partial charge in [-0.15, -0.1) is 0 Å². The highest BCUT2D eigenvalue weighted by Gasteiger charge is 2.13. The molecule has 0 radical (unpaired) electrons. The van der Waals surface area contributed by atoms with Crippen LogP contribution in [0.1, 0.15) is 0 Å². The fraction of sp³-hybridized carbons (Fsp3) is 0.529. The summed E-state index contributed by atoms with van der Waals surface area (Å²) < 4.78 is 10.1. The third kappa shape index (κ3) is 6.69. The summed E-state index contributed by atoms with van der Waals surface area (Å²) in [5, 5.41) is 5.54. The SMILES string of the molecule is COCC(=O)Nc1ccc(NC(=O)N(C)CCN2CCOCC2)cc1. The van der Waals surface area contributed by atoms with Gasteiger partial charge < -0.3 is 25.0 Å². The largest absolute Gasteiger partial charge is 0.379 e. The van der Waals surface area contributed by atoms with Gasteiger partial charge in [0, 0.05) is 51.7 Å². The number of anilines is 2. The lowest BCUT2D eigenvalue weighted by Crippen LogP contribution is -2.42. The Balaban J connectivity index is 1.75. The van der Waals surface area contributed by atoms with Crippen molar-refractivity contribution in [2.75, 3.05) is 70.8 Å². The number of nitrogens with one attached hydrogen (secondary N) is 2. The molecule has 2 N–H and O–H groups in total. The monoisotopic (exact) mass is 350 g/mol. The van der Waals surface area contributed by atoms with Gasteiger partial charge in [-0.05, 0) is 24.3 Å². The molecule has 1 heterocycles. The number of likely N-dealkylation sites (N-methyl/N-ethyl adjacent to an activating group) is 1. The van der Waals surface area contributed by atoms with E-state index in [1.807, 2.05) is 0 Å². The van der Waals surface area contributed by atoms with Crippen LogP contribution in [0.15, 0.2) is 24.3 Å².